The Kier molecular flexibility index (Phi) is 4.59. The summed E-state index contributed by atoms with van der Waals surface area (Å²) in [7, 11) is 1.38. The third-order valence-electron chi connectivity index (χ3n) is 3.16. The number of carbonyl (C=O) groups is 2. The minimum Gasteiger partial charge on any atom is -0.358 e. The molecule has 6 nitrogen and oxygen atoms in total. The predicted molar refractivity (Wildman–Crippen MR) is 80.8 cm³/mol. The molecule has 0 aliphatic carbocycles. The van der Waals surface area contributed by atoms with Crippen molar-refractivity contribution in [3.63, 3.8) is 0 Å². The quantitative estimate of drug-likeness (QED) is 0.689. The number of hydrogen-bond acceptors (Lipinski definition) is 4. The number of nitriles is 1. The fraction of sp³-hybridized carbons (Fsp3) is 0.200. The molecule has 0 fully saturated rings. The van der Waals surface area contributed by atoms with Crippen LogP contribution < -0.4 is 5.32 Å². The smallest absolute Gasteiger partial charge is 0.245 e. The molecule has 0 bridgehead atoms. The number of rotatable bonds is 4. The zero-order valence-corrected chi connectivity index (χ0v) is 12.8. The van der Waals surface area contributed by atoms with Crippen LogP contribution >= 0.6 is 11.6 Å². The number of aromatic nitrogens is 2. The van der Waals surface area contributed by atoms with E-state index in [2.05, 4.69) is 10.4 Å². The second-order valence-electron chi connectivity index (χ2n) is 4.59. The monoisotopic (exact) mass is 316 g/mol. The van der Waals surface area contributed by atoms with Crippen LogP contribution in [0.25, 0.3) is 5.69 Å². The number of ketones is 1. The van der Waals surface area contributed by atoms with Gasteiger partial charge >= 0.3 is 0 Å². The van der Waals surface area contributed by atoms with Crippen LogP contribution in [0, 0.1) is 24.2 Å². The Morgan fingerprint density at radius 3 is 2.55 bits per heavy atom. The SMILES string of the molecule is CNC(=O)C(C#N)C(=O)c1cn(-c2ccc(Cl)cc2)nc1C. The van der Waals surface area contributed by atoms with E-state index in [1.54, 1.807) is 37.3 Å². The molecule has 1 aromatic carbocycles. The van der Waals surface area contributed by atoms with Crippen molar-refractivity contribution in [2.75, 3.05) is 7.05 Å². The fourth-order valence-electron chi connectivity index (χ4n) is 1.96. The van der Waals surface area contributed by atoms with Crippen LogP contribution in [0.2, 0.25) is 5.02 Å². The number of aryl methyl sites for hydroxylation is 1. The van der Waals surface area contributed by atoms with Crippen LogP contribution in [0.5, 0.6) is 0 Å². The van der Waals surface area contributed by atoms with Gasteiger partial charge in [0, 0.05) is 18.3 Å². The molecule has 2 aromatic rings. The average Bonchev–Trinajstić information content (AvgIpc) is 2.90. The molecule has 0 aliphatic heterocycles. The lowest BCUT2D eigenvalue weighted by Gasteiger charge is -2.05. The number of nitrogens with zero attached hydrogens (tertiary/aromatic N) is 3. The van der Waals surface area contributed by atoms with Gasteiger partial charge in [-0.15, -0.1) is 0 Å². The van der Waals surface area contributed by atoms with E-state index >= 15 is 0 Å². The summed E-state index contributed by atoms with van der Waals surface area (Å²) < 4.78 is 1.51. The van der Waals surface area contributed by atoms with E-state index in [-0.39, 0.29) is 5.56 Å². The van der Waals surface area contributed by atoms with E-state index in [1.165, 1.54) is 17.9 Å². The molecule has 0 spiro atoms. The van der Waals surface area contributed by atoms with Gasteiger partial charge in [-0.2, -0.15) is 10.4 Å². The molecule has 2 rings (SSSR count). The first kappa shape index (κ1) is 15.7. The summed E-state index contributed by atoms with van der Waals surface area (Å²) in [5.41, 5.74) is 1.41. The molecule has 1 amide bonds. The Hall–Kier alpha value is -2.65. The third-order valence-corrected chi connectivity index (χ3v) is 3.41. The summed E-state index contributed by atoms with van der Waals surface area (Å²) in [6, 6.07) is 8.64. The molecule has 1 heterocycles. The third kappa shape index (κ3) is 3.00. The molecule has 1 aromatic heterocycles. The maximum Gasteiger partial charge on any atom is 0.245 e. The highest BCUT2D eigenvalue weighted by atomic mass is 35.5. The van der Waals surface area contributed by atoms with Crippen LogP contribution in [0.15, 0.2) is 30.5 Å². The Balaban J connectivity index is 2.38. The summed E-state index contributed by atoms with van der Waals surface area (Å²) in [6.07, 6.45) is 1.51. The van der Waals surface area contributed by atoms with Crippen molar-refractivity contribution in [3.05, 3.63) is 46.7 Å². The molecule has 0 saturated heterocycles. The van der Waals surface area contributed by atoms with Crippen molar-refractivity contribution in [2.45, 2.75) is 6.92 Å². The lowest BCUT2D eigenvalue weighted by Crippen LogP contribution is -2.32. The van der Waals surface area contributed by atoms with E-state index in [0.717, 1.165) is 5.69 Å². The Bertz CT molecular complexity index is 759. The zero-order chi connectivity index (χ0) is 16.3. The number of benzene rings is 1. The highest BCUT2D eigenvalue weighted by Gasteiger charge is 2.29. The van der Waals surface area contributed by atoms with Crippen LogP contribution in [0.1, 0.15) is 16.1 Å². The maximum absolute atomic E-state index is 12.3. The van der Waals surface area contributed by atoms with Crippen molar-refractivity contribution in [1.82, 2.24) is 15.1 Å². The maximum atomic E-state index is 12.3. The number of hydrogen-bond donors (Lipinski definition) is 1. The second-order valence-corrected chi connectivity index (χ2v) is 5.03. The second kappa shape index (κ2) is 6.41. The van der Waals surface area contributed by atoms with Crippen molar-refractivity contribution >= 4 is 23.3 Å². The van der Waals surface area contributed by atoms with Gasteiger partial charge in [0.25, 0.3) is 0 Å². The van der Waals surface area contributed by atoms with Gasteiger partial charge in [-0.1, -0.05) is 11.6 Å². The first-order valence-corrected chi connectivity index (χ1v) is 6.83. The first-order valence-electron chi connectivity index (χ1n) is 6.45. The fourth-order valence-corrected chi connectivity index (χ4v) is 2.09. The van der Waals surface area contributed by atoms with Gasteiger partial charge in [0.05, 0.1) is 23.0 Å². The minimum atomic E-state index is -1.38. The van der Waals surface area contributed by atoms with E-state index in [4.69, 9.17) is 16.9 Å². The number of nitrogens with one attached hydrogen (secondary N) is 1. The lowest BCUT2D eigenvalue weighted by molar-refractivity contribution is -0.121. The van der Waals surface area contributed by atoms with E-state index < -0.39 is 17.6 Å². The van der Waals surface area contributed by atoms with Gasteiger partial charge in [0.15, 0.2) is 11.7 Å². The molecule has 1 atom stereocenters. The molecule has 1 unspecified atom stereocenters. The number of halogens is 1. The standard InChI is InChI=1S/C15H13ClN4O2/c1-9-13(14(21)12(7-17)15(22)18-2)8-20(19-9)11-5-3-10(16)4-6-11/h3-6,8,12H,1-2H3,(H,18,22). The first-order chi connectivity index (χ1) is 10.5. The summed E-state index contributed by atoms with van der Waals surface area (Å²) >= 11 is 5.83. The van der Waals surface area contributed by atoms with Crippen LogP contribution in [-0.4, -0.2) is 28.5 Å². The van der Waals surface area contributed by atoms with E-state index in [1.807, 2.05) is 0 Å². The molecule has 22 heavy (non-hydrogen) atoms. The zero-order valence-electron chi connectivity index (χ0n) is 12.0. The van der Waals surface area contributed by atoms with Crippen LogP contribution in [0.4, 0.5) is 0 Å². The molecule has 0 saturated carbocycles. The summed E-state index contributed by atoms with van der Waals surface area (Å²) in [4.78, 5) is 23.9. The Labute approximate surface area is 132 Å². The predicted octanol–water partition coefficient (Wildman–Crippen LogP) is 1.90. The van der Waals surface area contributed by atoms with Crippen molar-refractivity contribution in [1.29, 1.82) is 5.26 Å². The van der Waals surface area contributed by atoms with Gasteiger partial charge in [0.2, 0.25) is 5.91 Å². The summed E-state index contributed by atoms with van der Waals surface area (Å²) in [5.74, 6) is -2.59. The molecule has 0 aliphatic rings. The number of carbonyl (C=O) groups excluding carboxylic acids is 2. The Morgan fingerprint density at radius 2 is 2.00 bits per heavy atom. The molecule has 0 radical (unpaired) electrons. The molecular weight excluding hydrogens is 304 g/mol. The van der Waals surface area contributed by atoms with Gasteiger partial charge < -0.3 is 5.32 Å². The van der Waals surface area contributed by atoms with Crippen LogP contribution in [-0.2, 0) is 4.79 Å². The van der Waals surface area contributed by atoms with Crippen LogP contribution in [0.3, 0.4) is 0 Å². The van der Waals surface area contributed by atoms with Crippen molar-refractivity contribution < 1.29 is 9.59 Å². The highest BCUT2D eigenvalue weighted by Crippen LogP contribution is 2.17. The molecular formula is C15H13ClN4O2. The van der Waals surface area contributed by atoms with Gasteiger partial charge in [-0.3, -0.25) is 9.59 Å². The molecule has 7 heteroatoms. The topological polar surface area (TPSA) is 87.8 Å². The van der Waals surface area contributed by atoms with E-state index in [9.17, 15) is 9.59 Å². The Morgan fingerprint density at radius 1 is 1.36 bits per heavy atom. The largest absolute Gasteiger partial charge is 0.358 e. The van der Waals surface area contributed by atoms with Gasteiger partial charge in [0.1, 0.15) is 0 Å². The molecule has 112 valence electrons. The number of amides is 1. The van der Waals surface area contributed by atoms with Crippen molar-refractivity contribution in [3.8, 4) is 11.8 Å². The summed E-state index contributed by atoms with van der Waals surface area (Å²) in [5, 5.41) is 16.2. The summed E-state index contributed by atoms with van der Waals surface area (Å²) in [6.45, 7) is 1.65. The van der Waals surface area contributed by atoms with Gasteiger partial charge in [-0.05, 0) is 31.2 Å². The minimum absolute atomic E-state index is 0.241. The lowest BCUT2D eigenvalue weighted by atomic mass is 9.99. The molecule has 1 N–H and O–H groups in total. The number of Topliss-reactive ketones (excluding diaryl/α,β-unsaturated/α-hetero) is 1. The normalized spacial score (nSPS) is 11.5. The highest BCUT2D eigenvalue weighted by molar-refractivity contribution is 6.30. The van der Waals surface area contributed by atoms with Gasteiger partial charge in [-0.25, -0.2) is 4.68 Å². The average molecular weight is 317 g/mol. The van der Waals surface area contributed by atoms with E-state index in [0.29, 0.717) is 10.7 Å². The van der Waals surface area contributed by atoms with Crippen molar-refractivity contribution in [2.24, 2.45) is 5.92 Å².